The summed E-state index contributed by atoms with van der Waals surface area (Å²) in [6.07, 6.45) is 2.57. The predicted octanol–water partition coefficient (Wildman–Crippen LogP) is 2.39. The molecule has 3 heteroatoms. The number of Topliss-reactive ketones (excluding diaryl/α,β-unsaturated/α-hetero) is 1. The molecule has 0 amide bonds. The monoisotopic (exact) mass is 247 g/mol. The molecule has 0 radical (unpaired) electrons. The van der Waals surface area contributed by atoms with Crippen molar-refractivity contribution >= 4 is 5.78 Å². The van der Waals surface area contributed by atoms with Crippen LogP contribution < -0.4 is 10.1 Å². The highest BCUT2D eigenvalue weighted by Crippen LogP contribution is 2.16. The summed E-state index contributed by atoms with van der Waals surface area (Å²) in [6, 6.07) is 6.18. The Bertz CT molecular complexity index is 402. The first-order chi connectivity index (χ1) is 8.65. The molecule has 1 atom stereocenters. The maximum atomic E-state index is 11.8. The lowest BCUT2D eigenvalue weighted by Gasteiger charge is -2.10. The van der Waals surface area contributed by atoms with Crippen molar-refractivity contribution < 1.29 is 9.53 Å². The maximum Gasteiger partial charge on any atom is 0.153 e. The van der Waals surface area contributed by atoms with Gasteiger partial charge in [-0.25, -0.2) is 0 Å². The molecule has 1 fully saturated rings. The van der Waals surface area contributed by atoms with Gasteiger partial charge < -0.3 is 10.1 Å². The van der Waals surface area contributed by atoms with Crippen molar-refractivity contribution in [2.75, 3.05) is 13.2 Å². The van der Waals surface area contributed by atoms with Crippen molar-refractivity contribution in [3.63, 3.8) is 0 Å². The predicted molar refractivity (Wildman–Crippen MR) is 72.1 cm³/mol. The van der Waals surface area contributed by atoms with E-state index in [1.54, 1.807) is 0 Å². The fourth-order valence-electron chi connectivity index (χ4n) is 2.42. The number of ether oxygens (including phenoxy) is 1. The highest BCUT2D eigenvalue weighted by Gasteiger charge is 2.21. The summed E-state index contributed by atoms with van der Waals surface area (Å²) in [5.74, 6) is 1.14. The summed E-state index contributed by atoms with van der Waals surface area (Å²) in [6.45, 7) is 5.54. The van der Waals surface area contributed by atoms with Crippen LogP contribution in [0.2, 0.25) is 0 Å². The van der Waals surface area contributed by atoms with Crippen LogP contribution in [-0.2, 0) is 4.79 Å². The molecule has 2 rings (SSSR count). The van der Waals surface area contributed by atoms with Crippen molar-refractivity contribution in [1.82, 2.24) is 5.32 Å². The van der Waals surface area contributed by atoms with E-state index in [9.17, 15) is 4.79 Å². The van der Waals surface area contributed by atoms with Crippen LogP contribution in [0.5, 0.6) is 5.75 Å². The summed E-state index contributed by atoms with van der Waals surface area (Å²) in [4.78, 5) is 11.8. The Morgan fingerprint density at radius 1 is 1.33 bits per heavy atom. The number of nitrogens with one attached hydrogen (secondary N) is 1. The molecule has 0 aliphatic carbocycles. The van der Waals surface area contributed by atoms with Crippen LogP contribution in [0.25, 0.3) is 0 Å². The summed E-state index contributed by atoms with van der Waals surface area (Å²) < 4.78 is 5.65. The number of hydrogen-bond donors (Lipinski definition) is 1. The van der Waals surface area contributed by atoms with Gasteiger partial charge >= 0.3 is 0 Å². The van der Waals surface area contributed by atoms with Gasteiger partial charge in [0, 0.05) is 6.42 Å². The molecule has 1 N–H and O–H groups in total. The van der Waals surface area contributed by atoms with Crippen molar-refractivity contribution in [1.29, 1.82) is 0 Å². The molecule has 18 heavy (non-hydrogen) atoms. The molecule has 0 bridgehead atoms. The Kier molecular flexibility index (Phi) is 4.37. The molecular formula is C15H21NO2. The minimum atomic E-state index is 0.0628. The van der Waals surface area contributed by atoms with Gasteiger partial charge in [0.2, 0.25) is 0 Å². The van der Waals surface area contributed by atoms with Crippen LogP contribution in [0.1, 0.15) is 30.4 Å². The number of aryl methyl sites for hydroxylation is 2. The Hall–Kier alpha value is -1.35. The first kappa shape index (κ1) is 13.1. The molecular weight excluding hydrogens is 226 g/mol. The second-order valence-electron chi connectivity index (χ2n) is 5.04. The molecule has 3 nitrogen and oxygen atoms in total. The van der Waals surface area contributed by atoms with Gasteiger partial charge in [-0.1, -0.05) is 6.07 Å². The number of benzene rings is 1. The minimum Gasteiger partial charge on any atom is -0.493 e. The fourth-order valence-corrected chi connectivity index (χ4v) is 2.42. The van der Waals surface area contributed by atoms with Crippen LogP contribution in [-0.4, -0.2) is 25.0 Å². The van der Waals surface area contributed by atoms with Crippen LogP contribution in [0.4, 0.5) is 0 Å². The summed E-state index contributed by atoms with van der Waals surface area (Å²) in [7, 11) is 0. The highest BCUT2D eigenvalue weighted by molar-refractivity contribution is 5.84. The Balaban J connectivity index is 1.79. The molecule has 0 saturated carbocycles. The van der Waals surface area contributed by atoms with E-state index in [2.05, 4.69) is 11.4 Å². The van der Waals surface area contributed by atoms with Gasteiger partial charge in [0.15, 0.2) is 5.78 Å². The van der Waals surface area contributed by atoms with Crippen molar-refractivity contribution in [3.8, 4) is 5.75 Å². The molecule has 1 aliphatic heterocycles. The zero-order chi connectivity index (χ0) is 13.0. The number of ketones is 1. The van der Waals surface area contributed by atoms with E-state index < -0.39 is 0 Å². The fraction of sp³-hybridized carbons (Fsp3) is 0.533. The Morgan fingerprint density at radius 3 is 2.67 bits per heavy atom. The Morgan fingerprint density at radius 2 is 2.06 bits per heavy atom. The zero-order valence-corrected chi connectivity index (χ0v) is 11.2. The smallest absolute Gasteiger partial charge is 0.153 e. The number of carbonyl (C=O) groups is 1. The summed E-state index contributed by atoms with van der Waals surface area (Å²) in [5, 5.41) is 3.22. The largest absolute Gasteiger partial charge is 0.493 e. The molecule has 1 aliphatic rings. The van der Waals surface area contributed by atoms with Gasteiger partial charge in [0.05, 0.1) is 12.6 Å². The van der Waals surface area contributed by atoms with Crippen molar-refractivity contribution in [2.24, 2.45) is 0 Å². The number of rotatable bonds is 5. The third-order valence-electron chi connectivity index (χ3n) is 3.26. The normalized spacial score (nSPS) is 18.9. The molecule has 0 aromatic heterocycles. The van der Waals surface area contributed by atoms with Gasteiger partial charge in [-0.2, -0.15) is 0 Å². The van der Waals surface area contributed by atoms with Crippen LogP contribution >= 0.6 is 0 Å². The van der Waals surface area contributed by atoms with Crippen molar-refractivity contribution in [3.05, 3.63) is 29.3 Å². The number of hydrogen-bond acceptors (Lipinski definition) is 3. The van der Waals surface area contributed by atoms with Crippen LogP contribution in [0.3, 0.4) is 0 Å². The standard InChI is InChI=1S/C15H21NO2/c1-11-8-12(2)10-13(9-11)18-7-5-15(17)14-4-3-6-16-14/h8-10,14,16H,3-7H2,1-2H3. The lowest BCUT2D eigenvalue weighted by atomic mass is 10.1. The van der Waals surface area contributed by atoms with E-state index in [-0.39, 0.29) is 11.8 Å². The van der Waals surface area contributed by atoms with Crippen LogP contribution in [0.15, 0.2) is 18.2 Å². The van der Waals surface area contributed by atoms with E-state index in [4.69, 9.17) is 4.74 Å². The van der Waals surface area contributed by atoms with E-state index in [1.807, 2.05) is 26.0 Å². The Labute approximate surface area is 109 Å². The van der Waals surface area contributed by atoms with Crippen molar-refractivity contribution in [2.45, 2.75) is 39.2 Å². The van der Waals surface area contributed by atoms with Gasteiger partial charge in [0.1, 0.15) is 5.75 Å². The molecule has 1 aromatic carbocycles. The lowest BCUT2D eigenvalue weighted by Crippen LogP contribution is -2.31. The molecule has 1 aromatic rings. The molecule has 1 saturated heterocycles. The number of carbonyl (C=O) groups excluding carboxylic acids is 1. The highest BCUT2D eigenvalue weighted by atomic mass is 16.5. The molecule has 98 valence electrons. The summed E-state index contributed by atoms with van der Waals surface area (Å²) in [5.41, 5.74) is 2.38. The third-order valence-corrected chi connectivity index (χ3v) is 3.26. The first-order valence-electron chi connectivity index (χ1n) is 6.62. The molecule has 0 spiro atoms. The van der Waals surface area contributed by atoms with Gasteiger partial charge in [-0.3, -0.25) is 4.79 Å². The summed E-state index contributed by atoms with van der Waals surface area (Å²) >= 11 is 0. The maximum absolute atomic E-state index is 11.8. The van der Waals surface area contributed by atoms with E-state index in [0.29, 0.717) is 13.0 Å². The van der Waals surface area contributed by atoms with E-state index in [1.165, 1.54) is 11.1 Å². The van der Waals surface area contributed by atoms with E-state index >= 15 is 0 Å². The molecule has 1 unspecified atom stereocenters. The zero-order valence-electron chi connectivity index (χ0n) is 11.2. The van der Waals surface area contributed by atoms with Gasteiger partial charge in [0.25, 0.3) is 0 Å². The average Bonchev–Trinajstić information content (AvgIpc) is 2.80. The van der Waals surface area contributed by atoms with Crippen LogP contribution in [0, 0.1) is 13.8 Å². The van der Waals surface area contributed by atoms with E-state index in [0.717, 1.165) is 25.1 Å². The second-order valence-corrected chi connectivity index (χ2v) is 5.04. The lowest BCUT2D eigenvalue weighted by molar-refractivity contribution is -0.121. The average molecular weight is 247 g/mol. The third kappa shape index (κ3) is 3.57. The van der Waals surface area contributed by atoms with Gasteiger partial charge in [-0.05, 0) is 56.5 Å². The topological polar surface area (TPSA) is 38.3 Å². The first-order valence-corrected chi connectivity index (χ1v) is 6.62. The second kappa shape index (κ2) is 6.01. The SMILES string of the molecule is Cc1cc(C)cc(OCCC(=O)C2CCCN2)c1. The van der Waals surface area contributed by atoms with Gasteiger partial charge in [-0.15, -0.1) is 0 Å². The molecule has 1 heterocycles. The quantitative estimate of drug-likeness (QED) is 0.868. The minimum absolute atomic E-state index is 0.0628.